The maximum absolute atomic E-state index is 13.5. The van der Waals surface area contributed by atoms with Crippen LogP contribution in [0.25, 0.3) is 0 Å². The molecule has 1 aliphatic heterocycles. The minimum absolute atomic E-state index is 0.431. The van der Waals surface area contributed by atoms with Gasteiger partial charge in [-0.3, -0.25) is 0 Å². The lowest BCUT2D eigenvalue weighted by Gasteiger charge is -2.35. The highest BCUT2D eigenvalue weighted by Crippen LogP contribution is 2.12. The zero-order chi connectivity index (χ0) is 14.5. The Bertz CT molecular complexity index is 426. The van der Waals surface area contributed by atoms with Crippen molar-refractivity contribution < 1.29 is 8.78 Å². The number of hydrogen-bond acceptors (Lipinski definition) is 2. The molecule has 2 nitrogen and oxygen atoms in total. The van der Waals surface area contributed by atoms with E-state index in [0.717, 1.165) is 45.3 Å². The first-order chi connectivity index (χ1) is 9.54. The fourth-order valence-corrected chi connectivity index (χ4v) is 2.62. The monoisotopic (exact) mass is 281 g/mol. The molecule has 20 heavy (non-hydrogen) atoms. The van der Waals surface area contributed by atoms with Gasteiger partial charge in [0.1, 0.15) is 11.6 Å². The second kappa shape index (κ2) is 7.14. The maximum atomic E-state index is 13.5. The van der Waals surface area contributed by atoms with Crippen LogP contribution in [0.3, 0.4) is 0 Å². The van der Waals surface area contributed by atoms with E-state index in [0.29, 0.717) is 12.0 Å². The van der Waals surface area contributed by atoms with Crippen LogP contribution in [0.15, 0.2) is 18.2 Å². The number of halogens is 2. The molecule has 0 bridgehead atoms. The Hall–Kier alpha value is -1.00. The molecule has 1 fully saturated rings. The second-order valence-corrected chi connectivity index (χ2v) is 5.81. The standard InChI is InChI=1S/C16H23F2N2/c1-13(2)12-20-9-7-19(8-10-20)6-5-14-3-4-15(17)11-16(14)18/h3-4,11H,5-10,12H2,1-2H3. The summed E-state index contributed by atoms with van der Waals surface area (Å²) in [5, 5.41) is 0. The molecule has 4 heteroatoms. The van der Waals surface area contributed by atoms with Crippen molar-refractivity contribution in [1.29, 1.82) is 0 Å². The molecule has 1 aromatic rings. The van der Waals surface area contributed by atoms with Crippen LogP contribution in [-0.4, -0.2) is 49.1 Å². The van der Waals surface area contributed by atoms with Crippen molar-refractivity contribution in [2.75, 3.05) is 39.3 Å². The Morgan fingerprint density at radius 1 is 1.05 bits per heavy atom. The summed E-state index contributed by atoms with van der Waals surface area (Å²) in [5.74, 6) is 0.498. The Kier molecular flexibility index (Phi) is 5.49. The third-order valence-corrected chi connectivity index (χ3v) is 3.72. The molecule has 0 amide bonds. The molecular formula is C16H23F2N2. The predicted octanol–water partition coefficient (Wildman–Crippen LogP) is 2.74. The fourth-order valence-electron chi connectivity index (χ4n) is 2.62. The van der Waals surface area contributed by atoms with Gasteiger partial charge in [0, 0.05) is 45.3 Å². The van der Waals surface area contributed by atoms with Gasteiger partial charge in [-0.15, -0.1) is 0 Å². The van der Waals surface area contributed by atoms with Gasteiger partial charge in [0.25, 0.3) is 0 Å². The lowest BCUT2D eigenvalue weighted by Crippen LogP contribution is -2.47. The summed E-state index contributed by atoms with van der Waals surface area (Å²) in [4.78, 5) is 4.80. The molecule has 0 unspecified atom stereocenters. The lowest BCUT2D eigenvalue weighted by molar-refractivity contribution is 0.137. The zero-order valence-electron chi connectivity index (χ0n) is 12.3. The van der Waals surface area contributed by atoms with Gasteiger partial charge < -0.3 is 9.80 Å². The van der Waals surface area contributed by atoms with Gasteiger partial charge in [0.05, 0.1) is 0 Å². The summed E-state index contributed by atoms with van der Waals surface area (Å²) in [6.07, 6.45) is 0.644. The molecule has 0 saturated carbocycles. The van der Waals surface area contributed by atoms with Gasteiger partial charge in [0.15, 0.2) is 0 Å². The number of rotatable bonds is 5. The van der Waals surface area contributed by atoms with Crippen LogP contribution in [-0.2, 0) is 6.42 Å². The molecule has 1 radical (unpaired) electrons. The van der Waals surface area contributed by atoms with E-state index < -0.39 is 11.6 Å². The van der Waals surface area contributed by atoms with Gasteiger partial charge >= 0.3 is 0 Å². The highest BCUT2D eigenvalue weighted by Gasteiger charge is 2.17. The number of nitrogens with zero attached hydrogens (tertiary/aromatic N) is 2. The molecule has 111 valence electrons. The quantitative estimate of drug-likeness (QED) is 0.819. The Morgan fingerprint density at radius 2 is 1.70 bits per heavy atom. The summed E-state index contributed by atoms with van der Waals surface area (Å²) in [6.45, 7) is 10.4. The zero-order valence-corrected chi connectivity index (χ0v) is 12.3. The first kappa shape index (κ1) is 15.4. The molecular weight excluding hydrogens is 258 g/mol. The maximum Gasteiger partial charge on any atom is 0.129 e. The van der Waals surface area contributed by atoms with E-state index in [-0.39, 0.29) is 0 Å². The molecule has 1 aromatic carbocycles. The molecule has 2 rings (SSSR count). The van der Waals surface area contributed by atoms with Crippen LogP contribution in [0, 0.1) is 17.6 Å². The van der Waals surface area contributed by atoms with Gasteiger partial charge in [-0.1, -0.05) is 19.9 Å². The van der Waals surface area contributed by atoms with E-state index in [1.165, 1.54) is 12.0 Å². The summed E-state index contributed by atoms with van der Waals surface area (Å²) in [7, 11) is 0. The van der Waals surface area contributed by atoms with Crippen LogP contribution in [0.4, 0.5) is 8.78 Å². The van der Waals surface area contributed by atoms with Crippen molar-refractivity contribution in [3.05, 3.63) is 41.3 Å². The number of benzene rings is 1. The van der Waals surface area contributed by atoms with Crippen LogP contribution < -0.4 is 0 Å². The van der Waals surface area contributed by atoms with Crippen molar-refractivity contribution in [2.24, 2.45) is 0 Å². The van der Waals surface area contributed by atoms with E-state index >= 15 is 0 Å². The fraction of sp³-hybridized carbons (Fsp3) is 0.562. The van der Waals surface area contributed by atoms with Crippen molar-refractivity contribution >= 4 is 0 Å². The van der Waals surface area contributed by atoms with Crippen LogP contribution >= 0.6 is 0 Å². The molecule has 1 saturated heterocycles. The minimum atomic E-state index is -0.508. The molecule has 1 heterocycles. The van der Waals surface area contributed by atoms with Crippen molar-refractivity contribution in [3.63, 3.8) is 0 Å². The number of piperazine rings is 1. The average molecular weight is 281 g/mol. The largest absolute Gasteiger partial charge is 0.300 e. The lowest BCUT2D eigenvalue weighted by atomic mass is 10.1. The predicted molar refractivity (Wildman–Crippen MR) is 77.5 cm³/mol. The smallest absolute Gasteiger partial charge is 0.129 e. The molecule has 0 spiro atoms. The van der Waals surface area contributed by atoms with E-state index in [4.69, 9.17) is 0 Å². The van der Waals surface area contributed by atoms with E-state index in [2.05, 4.69) is 23.6 Å². The summed E-state index contributed by atoms with van der Waals surface area (Å²) < 4.78 is 26.4. The molecule has 0 N–H and O–H groups in total. The average Bonchev–Trinajstić information content (AvgIpc) is 2.39. The van der Waals surface area contributed by atoms with Gasteiger partial charge in [-0.25, -0.2) is 8.78 Å². The minimum Gasteiger partial charge on any atom is -0.300 e. The highest BCUT2D eigenvalue weighted by atomic mass is 19.1. The Morgan fingerprint density at radius 3 is 2.30 bits per heavy atom. The highest BCUT2D eigenvalue weighted by molar-refractivity contribution is 5.18. The van der Waals surface area contributed by atoms with Gasteiger partial charge in [0.2, 0.25) is 0 Å². The summed E-state index contributed by atoms with van der Waals surface area (Å²) >= 11 is 0. The Labute approximate surface area is 120 Å². The molecule has 0 aliphatic carbocycles. The van der Waals surface area contributed by atoms with Crippen LogP contribution in [0.1, 0.15) is 19.4 Å². The van der Waals surface area contributed by atoms with E-state index in [1.54, 1.807) is 6.07 Å². The SMILES string of the molecule is C[C](C)CN1CCN(CCc2ccc(F)cc2F)CC1. The third kappa shape index (κ3) is 4.53. The van der Waals surface area contributed by atoms with Crippen molar-refractivity contribution in [3.8, 4) is 0 Å². The molecule has 0 atom stereocenters. The first-order valence-corrected chi connectivity index (χ1v) is 7.22. The van der Waals surface area contributed by atoms with E-state index in [1.807, 2.05) is 0 Å². The molecule has 0 aromatic heterocycles. The van der Waals surface area contributed by atoms with Gasteiger partial charge in [-0.05, 0) is 24.0 Å². The van der Waals surface area contributed by atoms with Crippen molar-refractivity contribution in [2.45, 2.75) is 20.3 Å². The van der Waals surface area contributed by atoms with E-state index in [9.17, 15) is 8.78 Å². The van der Waals surface area contributed by atoms with Gasteiger partial charge in [-0.2, -0.15) is 0 Å². The first-order valence-electron chi connectivity index (χ1n) is 7.22. The molecule has 1 aliphatic rings. The normalized spacial score (nSPS) is 17.9. The summed E-state index contributed by atoms with van der Waals surface area (Å²) in [5.41, 5.74) is 0.603. The summed E-state index contributed by atoms with van der Waals surface area (Å²) in [6, 6.07) is 3.85. The number of hydrogen-bond donors (Lipinski definition) is 0. The van der Waals surface area contributed by atoms with Crippen LogP contribution in [0.2, 0.25) is 0 Å². The Balaban J connectivity index is 1.76. The topological polar surface area (TPSA) is 6.48 Å². The third-order valence-electron chi connectivity index (χ3n) is 3.72. The van der Waals surface area contributed by atoms with Crippen molar-refractivity contribution in [1.82, 2.24) is 9.80 Å². The second-order valence-electron chi connectivity index (χ2n) is 5.81. The van der Waals surface area contributed by atoms with Crippen LogP contribution in [0.5, 0.6) is 0 Å².